The summed E-state index contributed by atoms with van der Waals surface area (Å²) in [6, 6.07) is 12.3. The quantitative estimate of drug-likeness (QED) is 0.530. The maximum absolute atomic E-state index is 13.0. The standard InChI is InChI=1S/C24H26ClN3O4/c1-6-32-24(30)16(4)26-23(29)21-15(3)22(17-8-10-18(31-5)11-9-17)28(27-21)20-12-7-14(2)13-19(20)25/h7-13,16H,6H2,1-5H3,(H,26,29). The third-order valence-electron chi connectivity index (χ3n) is 5.02. The van der Waals surface area contributed by atoms with Crippen LogP contribution in [0.5, 0.6) is 5.75 Å². The van der Waals surface area contributed by atoms with E-state index in [2.05, 4.69) is 10.4 Å². The fourth-order valence-electron chi connectivity index (χ4n) is 3.35. The predicted molar refractivity (Wildman–Crippen MR) is 124 cm³/mol. The molecule has 32 heavy (non-hydrogen) atoms. The van der Waals surface area contributed by atoms with Crippen molar-refractivity contribution in [2.75, 3.05) is 13.7 Å². The molecule has 1 amide bonds. The number of hydrogen-bond acceptors (Lipinski definition) is 5. The number of benzene rings is 2. The number of ether oxygens (including phenoxy) is 2. The van der Waals surface area contributed by atoms with E-state index in [0.29, 0.717) is 27.7 Å². The van der Waals surface area contributed by atoms with Gasteiger partial charge in [-0.2, -0.15) is 5.10 Å². The van der Waals surface area contributed by atoms with Crippen molar-refractivity contribution in [1.29, 1.82) is 0 Å². The molecule has 0 fully saturated rings. The number of aromatic nitrogens is 2. The predicted octanol–water partition coefficient (Wildman–Crippen LogP) is 4.50. The first-order valence-corrected chi connectivity index (χ1v) is 10.6. The molecule has 0 radical (unpaired) electrons. The van der Waals surface area contributed by atoms with Gasteiger partial charge in [0.15, 0.2) is 5.69 Å². The lowest BCUT2D eigenvalue weighted by Gasteiger charge is -2.11. The van der Waals surface area contributed by atoms with Gasteiger partial charge in [0.1, 0.15) is 11.8 Å². The molecule has 1 unspecified atom stereocenters. The Bertz CT molecular complexity index is 1140. The zero-order chi connectivity index (χ0) is 23.4. The highest BCUT2D eigenvalue weighted by Gasteiger charge is 2.25. The Hall–Kier alpha value is -3.32. The number of nitrogens with one attached hydrogen (secondary N) is 1. The second kappa shape index (κ2) is 9.87. The van der Waals surface area contributed by atoms with Crippen LogP contribution in [0.1, 0.15) is 35.5 Å². The Morgan fingerprint density at radius 1 is 1.16 bits per heavy atom. The number of aryl methyl sites for hydroxylation is 1. The summed E-state index contributed by atoms with van der Waals surface area (Å²) in [6.07, 6.45) is 0. The van der Waals surface area contributed by atoms with Crippen molar-refractivity contribution in [3.8, 4) is 22.7 Å². The summed E-state index contributed by atoms with van der Waals surface area (Å²) >= 11 is 6.53. The molecule has 3 rings (SSSR count). The highest BCUT2D eigenvalue weighted by Crippen LogP contribution is 2.32. The molecule has 168 valence electrons. The van der Waals surface area contributed by atoms with E-state index in [4.69, 9.17) is 21.1 Å². The van der Waals surface area contributed by atoms with E-state index < -0.39 is 17.9 Å². The average Bonchev–Trinajstić information content (AvgIpc) is 3.10. The molecule has 0 aliphatic heterocycles. The van der Waals surface area contributed by atoms with Gasteiger partial charge in [0.05, 0.1) is 30.1 Å². The van der Waals surface area contributed by atoms with Crippen LogP contribution in [0.25, 0.3) is 16.9 Å². The molecule has 1 aromatic heterocycles. The van der Waals surface area contributed by atoms with Gasteiger partial charge in [0, 0.05) is 11.1 Å². The summed E-state index contributed by atoms with van der Waals surface area (Å²) < 4.78 is 11.9. The fourth-order valence-corrected chi connectivity index (χ4v) is 3.66. The Morgan fingerprint density at radius 2 is 1.84 bits per heavy atom. The molecule has 1 heterocycles. The molecule has 7 nitrogen and oxygen atoms in total. The van der Waals surface area contributed by atoms with Crippen molar-refractivity contribution in [2.24, 2.45) is 0 Å². The summed E-state index contributed by atoms with van der Waals surface area (Å²) in [4.78, 5) is 25.0. The second-order valence-corrected chi connectivity index (χ2v) is 7.77. The zero-order valence-corrected chi connectivity index (χ0v) is 19.5. The van der Waals surface area contributed by atoms with E-state index in [1.54, 1.807) is 25.6 Å². The monoisotopic (exact) mass is 455 g/mol. The normalized spacial score (nSPS) is 11.7. The van der Waals surface area contributed by atoms with Crippen molar-refractivity contribution in [3.63, 3.8) is 0 Å². The Balaban J connectivity index is 2.11. The summed E-state index contributed by atoms with van der Waals surface area (Å²) in [5.74, 6) is -0.262. The van der Waals surface area contributed by atoms with Gasteiger partial charge in [-0.25, -0.2) is 9.48 Å². The molecule has 0 bridgehead atoms. The highest BCUT2D eigenvalue weighted by atomic mass is 35.5. The Labute approximate surface area is 192 Å². The molecular formula is C24H26ClN3O4. The van der Waals surface area contributed by atoms with E-state index in [1.807, 2.05) is 56.3 Å². The summed E-state index contributed by atoms with van der Waals surface area (Å²) in [7, 11) is 1.60. The van der Waals surface area contributed by atoms with Gasteiger partial charge in [0.2, 0.25) is 0 Å². The first-order valence-electron chi connectivity index (χ1n) is 10.2. The van der Waals surface area contributed by atoms with Gasteiger partial charge in [-0.3, -0.25) is 4.79 Å². The van der Waals surface area contributed by atoms with Crippen LogP contribution in [-0.4, -0.2) is 41.4 Å². The topological polar surface area (TPSA) is 82.5 Å². The summed E-state index contributed by atoms with van der Waals surface area (Å²) in [5.41, 5.74) is 4.06. The van der Waals surface area contributed by atoms with E-state index in [0.717, 1.165) is 11.1 Å². The molecule has 1 N–H and O–H groups in total. The van der Waals surface area contributed by atoms with E-state index in [1.165, 1.54) is 0 Å². The lowest BCUT2D eigenvalue weighted by molar-refractivity contribution is -0.144. The molecule has 2 aromatic carbocycles. The lowest BCUT2D eigenvalue weighted by atomic mass is 10.1. The minimum absolute atomic E-state index is 0.198. The number of esters is 1. The van der Waals surface area contributed by atoms with Crippen LogP contribution in [-0.2, 0) is 9.53 Å². The number of rotatable bonds is 7. The summed E-state index contributed by atoms with van der Waals surface area (Å²) in [5, 5.41) is 7.76. The molecule has 0 spiro atoms. The lowest BCUT2D eigenvalue weighted by Crippen LogP contribution is -2.40. The zero-order valence-electron chi connectivity index (χ0n) is 18.7. The number of hydrogen-bond donors (Lipinski definition) is 1. The van der Waals surface area contributed by atoms with Crippen LogP contribution in [0.3, 0.4) is 0 Å². The van der Waals surface area contributed by atoms with Gasteiger partial charge in [-0.15, -0.1) is 0 Å². The van der Waals surface area contributed by atoms with Crippen LogP contribution in [0.2, 0.25) is 5.02 Å². The van der Waals surface area contributed by atoms with E-state index in [-0.39, 0.29) is 12.3 Å². The highest BCUT2D eigenvalue weighted by molar-refractivity contribution is 6.32. The van der Waals surface area contributed by atoms with Crippen LogP contribution in [0.4, 0.5) is 0 Å². The van der Waals surface area contributed by atoms with Gasteiger partial charge in [-0.1, -0.05) is 17.7 Å². The largest absolute Gasteiger partial charge is 0.497 e. The van der Waals surface area contributed by atoms with Gasteiger partial charge in [0.25, 0.3) is 5.91 Å². The molecule has 1 atom stereocenters. The molecular weight excluding hydrogens is 430 g/mol. The average molecular weight is 456 g/mol. The maximum Gasteiger partial charge on any atom is 0.328 e. The van der Waals surface area contributed by atoms with E-state index in [9.17, 15) is 9.59 Å². The van der Waals surface area contributed by atoms with Crippen molar-refractivity contribution in [2.45, 2.75) is 33.7 Å². The number of nitrogens with zero attached hydrogens (tertiary/aromatic N) is 2. The van der Waals surface area contributed by atoms with Crippen LogP contribution in [0.15, 0.2) is 42.5 Å². The fraction of sp³-hybridized carbons (Fsp3) is 0.292. The van der Waals surface area contributed by atoms with Gasteiger partial charge >= 0.3 is 5.97 Å². The number of methoxy groups -OCH3 is 1. The van der Waals surface area contributed by atoms with Crippen LogP contribution in [0, 0.1) is 13.8 Å². The van der Waals surface area contributed by atoms with Crippen molar-refractivity contribution in [3.05, 3.63) is 64.3 Å². The number of carbonyl (C=O) groups excluding carboxylic acids is 2. The van der Waals surface area contributed by atoms with Gasteiger partial charge in [-0.05, 0) is 69.7 Å². The molecule has 0 saturated heterocycles. The Morgan fingerprint density at radius 3 is 2.44 bits per heavy atom. The van der Waals surface area contributed by atoms with Crippen molar-refractivity contribution < 1.29 is 19.1 Å². The molecule has 0 aliphatic rings. The number of carbonyl (C=O) groups is 2. The van der Waals surface area contributed by atoms with Gasteiger partial charge < -0.3 is 14.8 Å². The van der Waals surface area contributed by atoms with Crippen molar-refractivity contribution in [1.82, 2.24) is 15.1 Å². The van der Waals surface area contributed by atoms with Crippen LogP contribution < -0.4 is 10.1 Å². The first kappa shape index (κ1) is 23.3. The maximum atomic E-state index is 13.0. The first-order chi connectivity index (χ1) is 15.3. The smallest absolute Gasteiger partial charge is 0.328 e. The third kappa shape index (κ3) is 4.78. The second-order valence-electron chi connectivity index (χ2n) is 7.36. The molecule has 3 aromatic rings. The number of amides is 1. The minimum atomic E-state index is -0.806. The Kier molecular flexibility index (Phi) is 7.20. The molecule has 8 heteroatoms. The third-order valence-corrected chi connectivity index (χ3v) is 5.32. The van der Waals surface area contributed by atoms with Crippen LogP contribution >= 0.6 is 11.6 Å². The molecule has 0 aliphatic carbocycles. The van der Waals surface area contributed by atoms with Crippen molar-refractivity contribution >= 4 is 23.5 Å². The SMILES string of the molecule is CCOC(=O)C(C)NC(=O)c1nn(-c2ccc(C)cc2Cl)c(-c2ccc(OC)cc2)c1C. The number of halogens is 1. The summed E-state index contributed by atoms with van der Waals surface area (Å²) in [6.45, 7) is 7.29. The van der Waals surface area contributed by atoms with E-state index >= 15 is 0 Å². The molecule has 0 saturated carbocycles. The minimum Gasteiger partial charge on any atom is -0.497 e.